The van der Waals surface area contributed by atoms with Crippen molar-refractivity contribution in [2.75, 3.05) is 12.0 Å². The lowest BCUT2D eigenvalue weighted by molar-refractivity contribution is 1.10. The number of benzene rings is 2. The summed E-state index contributed by atoms with van der Waals surface area (Å²) >= 11 is 0. The van der Waals surface area contributed by atoms with Crippen LogP contribution in [0, 0.1) is 4.91 Å². The molecule has 0 bridgehead atoms. The van der Waals surface area contributed by atoms with Crippen LogP contribution in [0.5, 0.6) is 0 Å². The van der Waals surface area contributed by atoms with Crippen LogP contribution in [0.1, 0.15) is 11.1 Å². The molecule has 0 amide bonds. The number of nitrogens with one attached hydrogen (secondary N) is 1. The molecule has 0 fully saturated rings. The second-order valence-electron chi connectivity index (χ2n) is 3.78. The fraction of sp³-hybridized carbons (Fsp3) is 0.143. The standard InChI is InChI=1S/C14H14N2O/c17-16-11-15-14-9-5-4-8-13(14)10-12-6-2-1-3-7-12/h1-9,15H,10-11H2. The highest BCUT2D eigenvalue weighted by molar-refractivity contribution is 5.52. The Bertz CT molecular complexity index is 483. The first-order valence-electron chi connectivity index (χ1n) is 5.55. The number of hydrogen-bond donors (Lipinski definition) is 1. The van der Waals surface area contributed by atoms with Gasteiger partial charge in [0.05, 0.1) is 0 Å². The first-order valence-corrected chi connectivity index (χ1v) is 5.55. The molecule has 1 N–H and O–H groups in total. The zero-order valence-corrected chi connectivity index (χ0v) is 9.47. The molecule has 3 heteroatoms. The van der Waals surface area contributed by atoms with Gasteiger partial charge in [0, 0.05) is 5.69 Å². The number of nitroso groups, excluding NO2 is 1. The van der Waals surface area contributed by atoms with Crippen LogP contribution in [0.3, 0.4) is 0 Å². The molecule has 2 aromatic carbocycles. The third-order valence-corrected chi connectivity index (χ3v) is 2.59. The lowest BCUT2D eigenvalue weighted by Gasteiger charge is -2.09. The van der Waals surface area contributed by atoms with Crippen molar-refractivity contribution in [1.29, 1.82) is 0 Å². The van der Waals surface area contributed by atoms with Gasteiger partial charge in [0.25, 0.3) is 0 Å². The maximum atomic E-state index is 10.1. The first-order chi connectivity index (χ1) is 8.40. The molecule has 2 rings (SSSR count). The number of anilines is 1. The molecule has 0 saturated heterocycles. The van der Waals surface area contributed by atoms with E-state index in [2.05, 4.69) is 28.7 Å². The largest absolute Gasteiger partial charge is 0.363 e. The van der Waals surface area contributed by atoms with E-state index in [1.807, 2.05) is 36.4 Å². The lowest BCUT2D eigenvalue weighted by atomic mass is 10.0. The summed E-state index contributed by atoms with van der Waals surface area (Å²) in [6.07, 6.45) is 0.850. The van der Waals surface area contributed by atoms with E-state index >= 15 is 0 Å². The Morgan fingerprint density at radius 1 is 0.941 bits per heavy atom. The summed E-state index contributed by atoms with van der Waals surface area (Å²) in [5.74, 6) is 0. The molecule has 0 heterocycles. The summed E-state index contributed by atoms with van der Waals surface area (Å²) < 4.78 is 0. The van der Waals surface area contributed by atoms with Crippen molar-refractivity contribution in [2.24, 2.45) is 5.18 Å². The number of nitrogens with zero attached hydrogens (tertiary/aromatic N) is 1. The Kier molecular flexibility index (Phi) is 3.86. The first kappa shape index (κ1) is 11.3. The molecule has 0 aromatic heterocycles. The van der Waals surface area contributed by atoms with Gasteiger partial charge in [-0.15, -0.1) is 4.91 Å². The second-order valence-corrected chi connectivity index (χ2v) is 3.78. The van der Waals surface area contributed by atoms with Crippen LogP contribution in [0.15, 0.2) is 59.8 Å². The molecule has 0 atom stereocenters. The van der Waals surface area contributed by atoms with Gasteiger partial charge in [0.1, 0.15) is 6.67 Å². The zero-order valence-electron chi connectivity index (χ0n) is 9.47. The summed E-state index contributed by atoms with van der Waals surface area (Å²) in [5.41, 5.74) is 3.39. The van der Waals surface area contributed by atoms with Gasteiger partial charge in [-0.1, -0.05) is 48.5 Å². The Balaban J connectivity index is 2.17. The normalized spacial score (nSPS) is 9.88. The summed E-state index contributed by atoms with van der Waals surface area (Å²) in [5, 5.41) is 5.82. The van der Waals surface area contributed by atoms with Crippen molar-refractivity contribution in [3.63, 3.8) is 0 Å². The predicted octanol–water partition coefficient (Wildman–Crippen LogP) is 3.41. The Morgan fingerprint density at radius 3 is 2.41 bits per heavy atom. The summed E-state index contributed by atoms with van der Waals surface area (Å²) in [6, 6.07) is 18.2. The summed E-state index contributed by atoms with van der Waals surface area (Å²) in [6.45, 7) is 0.103. The molecule has 0 spiro atoms. The van der Waals surface area contributed by atoms with E-state index in [1.165, 1.54) is 11.1 Å². The van der Waals surface area contributed by atoms with E-state index in [1.54, 1.807) is 0 Å². The molecule has 86 valence electrons. The number of para-hydroxylation sites is 1. The van der Waals surface area contributed by atoms with E-state index in [0.717, 1.165) is 12.1 Å². The predicted molar refractivity (Wildman–Crippen MR) is 70.0 cm³/mol. The maximum Gasteiger partial charge on any atom is 0.150 e. The van der Waals surface area contributed by atoms with Gasteiger partial charge in [-0.3, -0.25) is 0 Å². The van der Waals surface area contributed by atoms with Crippen LogP contribution in [0.2, 0.25) is 0 Å². The van der Waals surface area contributed by atoms with E-state index in [4.69, 9.17) is 0 Å². The van der Waals surface area contributed by atoms with Crippen molar-refractivity contribution in [3.05, 3.63) is 70.6 Å². The van der Waals surface area contributed by atoms with Crippen molar-refractivity contribution in [3.8, 4) is 0 Å². The molecule has 2 aromatic rings. The minimum Gasteiger partial charge on any atom is -0.363 e. The van der Waals surface area contributed by atoms with Crippen LogP contribution in [0.25, 0.3) is 0 Å². The van der Waals surface area contributed by atoms with Crippen molar-refractivity contribution in [1.82, 2.24) is 0 Å². The van der Waals surface area contributed by atoms with E-state index in [0.29, 0.717) is 0 Å². The highest BCUT2D eigenvalue weighted by atomic mass is 16.3. The monoisotopic (exact) mass is 226 g/mol. The van der Waals surface area contributed by atoms with Gasteiger partial charge in [-0.25, -0.2) is 0 Å². The number of rotatable bonds is 5. The van der Waals surface area contributed by atoms with Crippen LogP contribution < -0.4 is 5.32 Å². The minimum absolute atomic E-state index is 0.103. The van der Waals surface area contributed by atoms with Crippen LogP contribution in [0.4, 0.5) is 5.69 Å². The van der Waals surface area contributed by atoms with Gasteiger partial charge in [-0.2, -0.15) is 0 Å². The smallest absolute Gasteiger partial charge is 0.150 e. The van der Waals surface area contributed by atoms with Crippen LogP contribution in [-0.4, -0.2) is 6.67 Å². The molecule has 0 aliphatic rings. The molecular weight excluding hydrogens is 212 g/mol. The van der Waals surface area contributed by atoms with Gasteiger partial charge >= 0.3 is 0 Å². The molecular formula is C14H14N2O. The van der Waals surface area contributed by atoms with Crippen LogP contribution >= 0.6 is 0 Å². The van der Waals surface area contributed by atoms with Gasteiger partial charge in [0.2, 0.25) is 0 Å². The average molecular weight is 226 g/mol. The fourth-order valence-corrected chi connectivity index (χ4v) is 1.78. The van der Waals surface area contributed by atoms with Crippen molar-refractivity contribution in [2.45, 2.75) is 6.42 Å². The van der Waals surface area contributed by atoms with Crippen molar-refractivity contribution < 1.29 is 0 Å². The maximum absolute atomic E-state index is 10.1. The Labute approximate surface area is 100 Å². The Morgan fingerprint density at radius 2 is 1.65 bits per heavy atom. The zero-order chi connectivity index (χ0) is 11.9. The van der Waals surface area contributed by atoms with Gasteiger partial charge in [0.15, 0.2) is 0 Å². The van der Waals surface area contributed by atoms with Crippen LogP contribution in [-0.2, 0) is 6.42 Å². The molecule has 0 radical (unpaired) electrons. The SMILES string of the molecule is O=NCNc1ccccc1Cc1ccccc1. The highest BCUT2D eigenvalue weighted by Crippen LogP contribution is 2.18. The van der Waals surface area contributed by atoms with Gasteiger partial charge < -0.3 is 5.32 Å². The summed E-state index contributed by atoms with van der Waals surface area (Å²) in [7, 11) is 0. The molecule has 17 heavy (non-hydrogen) atoms. The third kappa shape index (κ3) is 3.14. The van der Waals surface area contributed by atoms with Crippen molar-refractivity contribution >= 4 is 5.69 Å². The molecule has 0 aliphatic carbocycles. The lowest BCUT2D eigenvalue weighted by Crippen LogP contribution is -2.01. The summed E-state index contributed by atoms with van der Waals surface area (Å²) in [4.78, 5) is 10.1. The second kappa shape index (κ2) is 5.80. The Hall–Kier alpha value is -2.16. The topological polar surface area (TPSA) is 41.5 Å². The molecule has 3 nitrogen and oxygen atoms in total. The molecule has 0 unspecified atom stereocenters. The fourth-order valence-electron chi connectivity index (χ4n) is 1.78. The van der Waals surface area contributed by atoms with E-state index in [9.17, 15) is 4.91 Å². The van der Waals surface area contributed by atoms with E-state index in [-0.39, 0.29) is 6.67 Å². The number of hydrogen-bond acceptors (Lipinski definition) is 3. The minimum atomic E-state index is 0.103. The third-order valence-electron chi connectivity index (χ3n) is 2.59. The van der Waals surface area contributed by atoms with E-state index < -0.39 is 0 Å². The molecule has 0 aliphatic heterocycles. The quantitative estimate of drug-likeness (QED) is 0.794. The van der Waals surface area contributed by atoms with Gasteiger partial charge in [-0.05, 0) is 28.8 Å². The average Bonchev–Trinajstić information content (AvgIpc) is 2.39. The highest BCUT2D eigenvalue weighted by Gasteiger charge is 2.01. The molecule has 0 saturated carbocycles.